The summed E-state index contributed by atoms with van der Waals surface area (Å²) in [5, 5.41) is 0.433. The molecule has 0 bridgehead atoms. The summed E-state index contributed by atoms with van der Waals surface area (Å²) >= 11 is 0. The van der Waals surface area contributed by atoms with Gasteiger partial charge in [0.1, 0.15) is 5.82 Å². The van der Waals surface area contributed by atoms with Crippen LogP contribution in [0.15, 0.2) is 89.8 Å². The summed E-state index contributed by atoms with van der Waals surface area (Å²) in [6.45, 7) is 0.627. The number of nitrogens with zero attached hydrogens (tertiary/aromatic N) is 2. The van der Waals surface area contributed by atoms with Crippen molar-refractivity contribution < 1.29 is 27.2 Å². The molecule has 3 amide bonds. The van der Waals surface area contributed by atoms with Gasteiger partial charge in [-0.05, 0) is 48.5 Å². The van der Waals surface area contributed by atoms with Crippen molar-refractivity contribution in [3.8, 4) is 0 Å². The van der Waals surface area contributed by atoms with Gasteiger partial charge >= 0.3 is 0 Å². The average molecular weight is 510 g/mol. The number of rotatable bonds is 6. The van der Waals surface area contributed by atoms with Crippen molar-refractivity contribution >= 4 is 27.6 Å². The lowest BCUT2D eigenvalue weighted by molar-refractivity contribution is -0.132. The molecule has 0 saturated carbocycles. The van der Waals surface area contributed by atoms with Crippen LogP contribution in [0.3, 0.4) is 0 Å². The van der Waals surface area contributed by atoms with Crippen LogP contribution in [0.2, 0.25) is 0 Å². The van der Waals surface area contributed by atoms with Crippen LogP contribution < -0.4 is 5.32 Å². The van der Waals surface area contributed by atoms with Gasteiger partial charge in [-0.25, -0.2) is 12.8 Å². The van der Waals surface area contributed by atoms with Gasteiger partial charge in [0.05, 0.1) is 4.90 Å². The van der Waals surface area contributed by atoms with E-state index >= 15 is 0 Å². The molecule has 1 saturated heterocycles. The number of carbonyl (C=O) groups excluding carboxylic acids is 3. The van der Waals surface area contributed by atoms with Crippen molar-refractivity contribution in [1.29, 1.82) is 0 Å². The second kappa shape index (κ2) is 10.7. The molecule has 186 valence electrons. The highest BCUT2D eigenvalue weighted by Gasteiger charge is 2.39. The van der Waals surface area contributed by atoms with Crippen molar-refractivity contribution in [3.05, 3.63) is 102 Å². The fraction of sp³-hybridized carbons (Fsp3) is 0.192. The quantitative estimate of drug-likeness (QED) is 0.550. The third-order valence-corrected chi connectivity index (χ3v) is 7.74. The average Bonchev–Trinajstić information content (AvgIpc) is 2.92. The van der Waals surface area contributed by atoms with E-state index in [-0.39, 0.29) is 42.5 Å². The lowest BCUT2D eigenvalue weighted by Gasteiger charge is -2.36. The third kappa shape index (κ3) is 5.44. The first-order valence-electron chi connectivity index (χ1n) is 11.3. The predicted molar refractivity (Wildman–Crippen MR) is 130 cm³/mol. The van der Waals surface area contributed by atoms with E-state index in [0.29, 0.717) is 5.56 Å². The van der Waals surface area contributed by atoms with Crippen LogP contribution >= 0.6 is 0 Å². The molecule has 1 atom stereocenters. The van der Waals surface area contributed by atoms with Gasteiger partial charge in [0.25, 0.3) is 17.7 Å². The van der Waals surface area contributed by atoms with E-state index in [2.05, 4.69) is 5.32 Å². The Morgan fingerprint density at radius 2 is 1.25 bits per heavy atom. The first-order chi connectivity index (χ1) is 17.3. The molecule has 10 heteroatoms. The van der Waals surface area contributed by atoms with Gasteiger partial charge in [-0.3, -0.25) is 14.4 Å². The molecular weight excluding hydrogens is 485 g/mol. The van der Waals surface area contributed by atoms with Crippen molar-refractivity contribution in [3.63, 3.8) is 0 Å². The molecule has 4 rings (SSSR count). The van der Waals surface area contributed by atoms with Crippen LogP contribution in [-0.4, -0.2) is 67.5 Å². The zero-order valence-electron chi connectivity index (χ0n) is 19.2. The van der Waals surface area contributed by atoms with Crippen LogP contribution in [0.4, 0.5) is 4.39 Å². The number of nitrogens with one attached hydrogen (secondary N) is 1. The van der Waals surface area contributed by atoms with E-state index < -0.39 is 32.8 Å². The Labute approximate surface area is 208 Å². The zero-order chi connectivity index (χ0) is 25.7. The number of hydrogen-bond acceptors (Lipinski definition) is 5. The summed E-state index contributed by atoms with van der Waals surface area (Å²) in [6, 6.07) is 20.6. The van der Waals surface area contributed by atoms with Crippen LogP contribution in [0.1, 0.15) is 20.7 Å². The summed E-state index contributed by atoms with van der Waals surface area (Å²) in [7, 11) is -4.31. The Morgan fingerprint density at radius 1 is 0.722 bits per heavy atom. The van der Waals surface area contributed by atoms with Gasteiger partial charge in [0.2, 0.25) is 15.2 Å². The second-order valence-corrected chi connectivity index (χ2v) is 10.2. The van der Waals surface area contributed by atoms with E-state index in [0.717, 1.165) is 12.1 Å². The second-order valence-electron chi connectivity index (χ2n) is 8.20. The Hall–Kier alpha value is -4.05. The smallest absolute Gasteiger partial charge is 0.261 e. The molecule has 8 nitrogen and oxygen atoms in total. The number of benzene rings is 3. The number of sulfone groups is 1. The topological polar surface area (TPSA) is 104 Å². The number of carbonyl (C=O) groups is 3. The molecule has 3 aromatic carbocycles. The zero-order valence-corrected chi connectivity index (χ0v) is 20.0. The summed E-state index contributed by atoms with van der Waals surface area (Å²) in [5.74, 6) is -2.37. The maximum Gasteiger partial charge on any atom is 0.261 e. The number of hydrogen-bond donors (Lipinski definition) is 1. The van der Waals surface area contributed by atoms with Crippen LogP contribution in [0.25, 0.3) is 0 Å². The van der Waals surface area contributed by atoms with E-state index in [9.17, 15) is 27.2 Å². The maximum atomic E-state index is 13.5. The highest BCUT2D eigenvalue weighted by atomic mass is 32.2. The summed E-state index contributed by atoms with van der Waals surface area (Å²) in [5.41, 5.74) is 0.532. The number of amides is 3. The fourth-order valence-corrected chi connectivity index (χ4v) is 5.37. The van der Waals surface area contributed by atoms with E-state index in [1.807, 2.05) is 0 Å². The minimum atomic E-state index is -4.31. The first-order valence-corrected chi connectivity index (χ1v) is 12.8. The molecule has 0 spiro atoms. The van der Waals surface area contributed by atoms with Gasteiger partial charge < -0.3 is 15.1 Å². The minimum Gasteiger partial charge on any atom is -0.336 e. The van der Waals surface area contributed by atoms with Crippen molar-refractivity contribution in [1.82, 2.24) is 15.1 Å². The first kappa shape index (κ1) is 25.1. The van der Waals surface area contributed by atoms with E-state index in [1.54, 1.807) is 41.3 Å². The molecular formula is C26H24FN3O5S. The molecule has 0 aromatic heterocycles. The van der Waals surface area contributed by atoms with Crippen molar-refractivity contribution in [2.24, 2.45) is 0 Å². The monoisotopic (exact) mass is 509 g/mol. The Bertz CT molecular complexity index is 1340. The summed E-state index contributed by atoms with van der Waals surface area (Å²) in [6.07, 6.45) is 0. The van der Waals surface area contributed by atoms with Gasteiger partial charge in [-0.15, -0.1) is 0 Å². The Kier molecular flexibility index (Phi) is 7.44. The molecule has 36 heavy (non-hydrogen) atoms. The lowest BCUT2D eigenvalue weighted by atomic mass is 10.2. The Balaban J connectivity index is 1.54. The Morgan fingerprint density at radius 3 is 1.83 bits per heavy atom. The molecule has 0 radical (unpaired) electrons. The molecule has 1 aliphatic heterocycles. The highest BCUT2D eigenvalue weighted by molar-refractivity contribution is 7.92. The van der Waals surface area contributed by atoms with Crippen molar-refractivity contribution in [2.75, 3.05) is 26.2 Å². The van der Waals surface area contributed by atoms with Gasteiger partial charge in [-0.1, -0.05) is 36.4 Å². The number of piperazine rings is 1. The van der Waals surface area contributed by atoms with Crippen LogP contribution in [-0.2, 0) is 14.6 Å². The van der Waals surface area contributed by atoms with Crippen LogP contribution in [0.5, 0.6) is 0 Å². The largest absolute Gasteiger partial charge is 0.336 e. The summed E-state index contributed by atoms with van der Waals surface area (Å²) in [4.78, 5) is 41.8. The molecule has 1 aliphatic rings. The maximum absolute atomic E-state index is 13.5. The molecule has 3 aromatic rings. The molecule has 0 unspecified atom stereocenters. The molecule has 1 fully saturated rings. The lowest BCUT2D eigenvalue weighted by Crippen LogP contribution is -2.57. The van der Waals surface area contributed by atoms with Crippen molar-refractivity contribution in [2.45, 2.75) is 10.3 Å². The number of halogens is 1. The molecule has 1 N–H and O–H groups in total. The minimum absolute atomic E-state index is 0.00994. The van der Waals surface area contributed by atoms with E-state index in [1.165, 1.54) is 41.3 Å². The third-order valence-electron chi connectivity index (χ3n) is 5.87. The van der Waals surface area contributed by atoms with Gasteiger partial charge in [-0.2, -0.15) is 0 Å². The van der Waals surface area contributed by atoms with Gasteiger partial charge in [0.15, 0.2) is 0 Å². The summed E-state index contributed by atoms with van der Waals surface area (Å²) < 4.78 is 40.1. The predicted octanol–water partition coefficient (Wildman–Crippen LogP) is 2.34. The molecule has 0 aliphatic carbocycles. The highest BCUT2D eigenvalue weighted by Crippen LogP contribution is 2.19. The SMILES string of the molecule is O=C(N[C@@H](C(=O)N1CCN(C(=O)c2ccccc2)CC1)S(=O)(=O)c1ccccc1)c1ccc(F)cc1. The van der Waals surface area contributed by atoms with E-state index in [4.69, 9.17) is 0 Å². The fourth-order valence-electron chi connectivity index (χ4n) is 3.88. The normalized spacial score (nSPS) is 14.7. The van der Waals surface area contributed by atoms with Gasteiger partial charge in [0, 0.05) is 37.3 Å². The standard InChI is InChI=1S/C26H24FN3O5S/c27-21-13-11-19(12-14-21)23(31)28-24(36(34,35)22-9-5-2-6-10-22)26(33)30-17-15-29(16-18-30)25(32)20-7-3-1-4-8-20/h1-14,24H,15-18H2,(H,28,31)/t24-/m1/s1. The molecule has 1 heterocycles. The van der Waals surface area contributed by atoms with Crippen LogP contribution in [0, 0.1) is 5.82 Å².